The number of carbonyl (C=O) groups is 2. The number of anilines is 1. The molecule has 2 fully saturated rings. The fraction of sp³-hybridized carbons (Fsp3) is 0.556. The minimum atomic E-state index is -0.784. The first-order valence-electron chi connectivity index (χ1n) is 8.42. The standard InChI is InChI=1S/C18H23NO3S/c20-17(12-5-6-13(11-12)18(21)22)19-14-7-9-16(10-8-14)23-15-3-1-2-4-15/h7-10,12-13,15H,1-6,11H2,(H,19,20)(H,21,22)/t12-,13+/m0/s1. The number of aliphatic carboxylic acids is 1. The summed E-state index contributed by atoms with van der Waals surface area (Å²) in [7, 11) is 0. The maximum atomic E-state index is 12.2. The van der Waals surface area contributed by atoms with Gasteiger partial charge in [0.15, 0.2) is 0 Å². The zero-order valence-electron chi connectivity index (χ0n) is 13.2. The SMILES string of the molecule is O=C(O)[C@@H]1CC[C@H](C(=O)Nc2ccc(SC3CCCC3)cc2)C1. The van der Waals surface area contributed by atoms with Gasteiger partial charge in [0.1, 0.15) is 0 Å². The second kappa shape index (κ2) is 7.39. The van der Waals surface area contributed by atoms with Crippen molar-refractivity contribution in [1.29, 1.82) is 0 Å². The predicted molar refractivity (Wildman–Crippen MR) is 91.7 cm³/mol. The molecule has 23 heavy (non-hydrogen) atoms. The predicted octanol–water partition coefficient (Wildman–Crippen LogP) is 4.16. The summed E-state index contributed by atoms with van der Waals surface area (Å²) in [5.41, 5.74) is 0.796. The average molecular weight is 333 g/mol. The van der Waals surface area contributed by atoms with E-state index in [0.29, 0.717) is 19.3 Å². The van der Waals surface area contributed by atoms with Crippen LogP contribution in [-0.2, 0) is 9.59 Å². The fourth-order valence-corrected chi connectivity index (χ4v) is 4.75. The van der Waals surface area contributed by atoms with Gasteiger partial charge in [-0.3, -0.25) is 9.59 Å². The number of hydrogen-bond acceptors (Lipinski definition) is 3. The summed E-state index contributed by atoms with van der Waals surface area (Å²) >= 11 is 1.93. The minimum absolute atomic E-state index is 0.0510. The van der Waals surface area contributed by atoms with E-state index in [4.69, 9.17) is 5.11 Å². The van der Waals surface area contributed by atoms with E-state index in [1.807, 2.05) is 23.9 Å². The Hall–Kier alpha value is -1.49. The molecule has 0 radical (unpaired) electrons. The van der Waals surface area contributed by atoms with Crippen molar-refractivity contribution in [1.82, 2.24) is 0 Å². The Balaban J connectivity index is 1.51. The lowest BCUT2D eigenvalue weighted by atomic mass is 10.0. The molecule has 0 heterocycles. The Morgan fingerprint density at radius 3 is 2.26 bits per heavy atom. The number of benzene rings is 1. The highest BCUT2D eigenvalue weighted by Gasteiger charge is 2.33. The average Bonchev–Trinajstić information content (AvgIpc) is 3.20. The minimum Gasteiger partial charge on any atom is -0.481 e. The van der Waals surface area contributed by atoms with Gasteiger partial charge >= 0.3 is 5.97 Å². The normalized spacial score (nSPS) is 24.7. The van der Waals surface area contributed by atoms with E-state index in [1.54, 1.807) is 0 Å². The van der Waals surface area contributed by atoms with Crippen LogP contribution >= 0.6 is 11.8 Å². The van der Waals surface area contributed by atoms with Crippen LogP contribution in [0.3, 0.4) is 0 Å². The molecule has 5 heteroatoms. The number of carboxylic acids is 1. The quantitative estimate of drug-likeness (QED) is 0.849. The van der Waals surface area contributed by atoms with E-state index in [2.05, 4.69) is 17.4 Å². The van der Waals surface area contributed by atoms with Gasteiger partial charge in [-0.15, -0.1) is 11.8 Å². The van der Waals surface area contributed by atoms with Crippen LogP contribution in [0.15, 0.2) is 29.2 Å². The summed E-state index contributed by atoms with van der Waals surface area (Å²) in [5, 5.41) is 12.7. The first-order valence-corrected chi connectivity index (χ1v) is 9.30. The Kier molecular flexibility index (Phi) is 5.26. The van der Waals surface area contributed by atoms with Crippen molar-refractivity contribution in [3.05, 3.63) is 24.3 Å². The molecule has 124 valence electrons. The van der Waals surface area contributed by atoms with Gasteiger partial charge in [-0.1, -0.05) is 12.8 Å². The first-order chi connectivity index (χ1) is 11.1. The summed E-state index contributed by atoms with van der Waals surface area (Å²) < 4.78 is 0. The lowest BCUT2D eigenvalue weighted by Crippen LogP contribution is -2.21. The molecule has 0 aliphatic heterocycles. The third-order valence-electron chi connectivity index (χ3n) is 4.88. The molecule has 1 aromatic rings. The number of carboxylic acid groups (broad SMARTS) is 1. The van der Waals surface area contributed by atoms with Gasteiger partial charge in [0.2, 0.25) is 5.91 Å². The molecule has 2 aliphatic carbocycles. The van der Waals surface area contributed by atoms with Crippen molar-refractivity contribution in [2.75, 3.05) is 5.32 Å². The summed E-state index contributed by atoms with van der Waals surface area (Å²) in [6, 6.07) is 8.01. The highest BCUT2D eigenvalue weighted by atomic mass is 32.2. The molecule has 0 aromatic heterocycles. The van der Waals surface area contributed by atoms with Crippen molar-refractivity contribution in [3.63, 3.8) is 0 Å². The van der Waals surface area contributed by atoms with Crippen molar-refractivity contribution >= 4 is 29.3 Å². The number of carbonyl (C=O) groups excluding carboxylic acids is 1. The van der Waals surface area contributed by atoms with Gasteiger partial charge in [0.05, 0.1) is 5.92 Å². The lowest BCUT2D eigenvalue weighted by molar-refractivity contribution is -0.141. The maximum absolute atomic E-state index is 12.2. The van der Waals surface area contributed by atoms with Crippen LogP contribution in [0, 0.1) is 11.8 Å². The van der Waals surface area contributed by atoms with E-state index in [-0.39, 0.29) is 17.7 Å². The Morgan fingerprint density at radius 1 is 1.00 bits per heavy atom. The molecular weight excluding hydrogens is 310 g/mol. The topological polar surface area (TPSA) is 66.4 Å². The molecule has 0 bridgehead atoms. The van der Waals surface area contributed by atoms with E-state index < -0.39 is 5.97 Å². The van der Waals surface area contributed by atoms with Crippen LogP contribution in [0.4, 0.5) is 5.69 Å². The molecule has 0 unspecified atom stereocenters. The fourth-order valence-electron chi connectivity index (χ4n) is 3.50. The van der Waals surface area contributed by atoms with E-state index in [9.17, 15) is 9.59 Å². The number of hydrogen-bond donors (Lipinski definition) is 2. The maximum Gasteiger partial charge on any atom is 0.306 e. The third-order valence-corrected chi connectivity index (χ3v) is 6.23. The summed E-state index contributed by atoms with van der Waals surface area (Å²) in [6.07, 6.45) is 7.00. The monoisotopic (exact) mass is 333 g/mol. The molecule has 2 aliphatic rings. The van der Waals surface area contributed by atoms with Gasteiger partial charge in [-0.25, -0.2) is 0 Å². The van der Waals surface area contributed by atoms with Gasteiger partial charge in [0.25, 0.3) is 0 Å². The molecule has 1 aromatic carbocycles. The summed E-state index contributed by atoms with van der Waals surface area (Å²) in [6.45, 7) is 0. The molecule has 0 saturated heterocycles. The van der Waals surface area contributed by atoms with Crippen molar-refractivity contribution in [2.24, 2.45) is 11.8 Å². The molecule has 3 rings (SSSR count). The molecule has 1 amide bonds. The highest BCUT2D eigenvalue weighted by Crippen LogP contribution is 2.35. The summed E-state index contributed by atoms with van der Waals surface area (Å²) in [4.78, 5) is 24.5. The van der Waals surface area contributed by atoms with Gasteiger partial charge in [-0.05, 0) is 56.4 Å². The smallest absolute Gasteiger partial charge is 0.306 e. The second-order valence-corrected chi connectivity index (χ2v) is 7.96. The van der Waals surface area contributed by atoms with E-state index in [0.717, 1.165) is 10.9 Å². The Bertz CT molecular complexity index is 566. The van der Waals surface area contributed by atoms with Crippen molar-refractivity contribution in [3.8, 4) is 0 Å². The summed E-state index contributed by atoms with van der Waals surface area (Å²) in [5.74, 6) is -1.38. The van der Waals surface area contributed by atoms with Crippen molar-refractivity contribution in [2.45, 2.75) is 55.1 Å². The van der Waals surface area contributed by atoms with Gasteiger partial charge in [-0.2, -0.15) is 0 Å². The lowest BCUT2D eigenvalue weighted by Gasteiger charge is -2.12. The zero-order valence-corrected chi connectivity index (χ0v) is 14.0. The molecule has 2 atom stereocenters. The third kappa shape index (κ3) is 4.28. The number of rotatable bonds is 5. The first kappa shape index (κ1) is 16.4. The highest BCUT2D eigenvalue weighted by molar-refractivity contribution is 8.00. The van der Waals surface area contributed by atoms with E-state index >= 15 is 0 Å². The van der Waals surface area contributed by atoms with Crippen LogP contribution in [0.1, 0.15) is 44.9 Å². The molecule has 0 spiro atoms. The number of amides is 1. The molecule has 4 nitrogen and oxygen atoms in total. The van der Waals surface area contributed by atoms with Crippen LogP contribution in [0.5, 0.6) is 0 Å². The zero-order chi connectivity index (χ0) is 16.2. The number of nitrogens with one attached hydrogen (secondary N) is 1. The van der Waals surface area contributed by atoms with Crippen LogP contribution in [-0.4, -0.2) is 22.2 Å². The number of thioether (sulfide) groups is 1. The largest absolute Gasteiger partial charge is 0.481 e. The van der Waals surface area contributed by atoms with Gasteiger partial charge < -0.3 is 10.4 Å². The van der Waals surface area contributed by atoms with Crippen molar-refractivity contribution < 1.29 is 14.7 Å². The second-order valence-electron chi connectivity index (χ2n) is 6.58. The molecular formula is C18H23NO3S. The molecule has 2 N–H and O–H groups in total. The van der Waals surface area contributed by atoms with E-state index in [1.165, 1.54) is 30.6 Å². The van der Waals surface area contributed by atoms with Gasteiger partial charge in [0, 0.05) is 21.8 Å². The Morgan fingerprint density at radius 2 is 1.65 bits per heavy atom. The van der Waals surface area contributed by atoms with Crippen LogP contribution < -0.4 is 5.32 Å². The Labute approximate surface area is 141 Å². The van der Waals surface area contributed by atoms with Crippen LogP contribution in [0.25, 0.3) is 0 Å². The molecule has 2 saturated carbocycles. The van der Waals surface area contributed by atoms with Crippen LogP contribution in [0.2, 0.25) is 0 Å².